The lowest BCUT2D eigenvalue weighted by Gasteiger charge is -2.33. The van der Waals surface area contributed by atoms with Crippen molar-refractivity contribution in [3.05, 3.63) is 35.4 Å². The Morgan fingerprint density at radius 3 is 2.39 bits per heavy atom. The lowest BCUT2D eigenvalue weighted by Crippen LogP contribution is -2.37. The zero-order valence-electron chi connectivity index (χ0n) is 10.5. The number of rotatable bonds is 3. The highest BCUT2D eigenvalue weighted by molar-refractivity contribution is 5.82. The molecule has 0 bridgehead atoms. The predicted molar refractivity (Wildman–Crippen MR) is 65.2 cm³/mol. The van der Waals surface area contributed by atoms with Crippen LogP contribution in [0.3, 0.4) is 0 Å². The Labute approximate surface area is 106 Å². The number of benzene rings is 1. The van der Waals surface area contributed by atoms with Gasteiger partial charge < -0.3 is 0 Å². The molecule has 1 saturated heterocycles. The highest BCUT2D eigenvalue weighted by atomic mass is 19.2. The minimum Gasteiger partial charge on any atom is -0.298 e. The van der Waals surface area contributed by atoms with E-state index in [1.54, 1.807) is 0 Å². The molecule has 1 atom stereocenters. The SMILES string of the molecule is CC(=O)C(c1ccc(F)c(F)c1)N1CCCCC1. The van der Waals surface area contributed by atoms with Gasteiger partial charge in [-0.25, -0.2) is 8.78 Å². The molecule has 98 valence electrons. The van der Waals surface area contributed by atoms with E-state index in [4.69, 9.17) is 0 Å². The fraction of sp³-hybridized carbons (Fsp3) is 0.500. The average molecular weight is 253 g/mol. The molecule has 0 aliphatic carbocycles. The van der Waals surface area contributed by atoms with E-state index in [1.807, 2.05) is 0 Å². The number of nitrogens with zero attached hydrogens (tertiary/aromatic N) is 1. The second-order valence-electron chi connectivity index (χ2n) is 4.78. The predicted octanol–water partition coefficient (Wildman–Crippen LogP) is 3.08. The number of halogens is 2. The van der Waals surface area contributed by atoms with Gasteiger partial charge in [0, 0.05) is 0 Å². The second-order valence-corrected chi connectivity index (χ2v) is 4.78. The fourth-order valence-corrected chi connectivity index (χ4v) is 2.56. The number of carbonyl (C=O) groups excluding carboxylic acids is 1. The summed E-state index contributed by atoms with van der Waals surface area (Å²) in [4.78, 5) is 13.8. The van der Waals surface area contributed by atoms with E-state index in [9.17, 15) is 13.6 Å². The lowest BCUT2D eigenvalue weighted by molar-refractivity contribution is -0.122. The molecule has 1 aromatic carbocycles. The van der Waals surface area contributed by atoms with Crippen LogP contribution in [0.4, 0.5) is 8.78 Å². The summed E-state index contributed by atoms with van der Waals surface area (Å²) in [6.45, 7) is 3.17. The van der Waals surface area contributed by atoms with Crippen LogP contribution in [-0.2, 0) is 4.79 Å². The minimum absolute atomic E-state index is 0.0251. The molecular weight excluding hydrogens is 236 g/mol. The molecule has 1 fully saturated rings. The summed E-state index contributed by atoms with van der Waals surface area (Å²) in [6.07, 6.45) is 3.26. The molecule has 1 unspecified atom stereocenters. The first-order valence-corrected chi connectivity index (χ1v) is 6.29. The number of ketones is 1. The molecule has 0 amide bonds. The summed E-state index contributed by atoms with van der Waals surface area (Å²) in [5.74, 6) is -1.79. The zero-order valence-corrected chi connectivity index (χ0v) is 10.5. The quantitative estimate of drug-likeness (QED) is 0.825. The third-order valence-electron chi connectivity index (χ3n) is 3.40. The summed E-state index contributed by atoms with van der Waals surface area (Å²) < 4.78 is 26.2. The number of likely N-dealkylation sites (tertiary alicyclic amines) is 1. The monoisotopic (exact) mass is 253 g/mol. The van der Waals surface area contributed by atoms with Crippen molar-refractivity contribution in [2.45, 2.75) is 32.2 Å². The molecule has 0 radical (unpaired) electrons. The second kappa shape index (κ2) is 5.57. The zero-order chi connectivity index (χ0) is 13.1. The summed E-state index contributed by atoms with van der Waals surface area (Å²) in [5, 5.41) is 0. The van der Waals surface area contributed by atoms with Crippen molar-refractivity contribution in [3.63, 3.8) is 0 Å². The van der Waals surface area contributed by atoms with E-state index in [-0.39, 0.29) is 5.78 Å². The van der Waals surface area contributed by atoms with Gasteiger partial charge >= 0.3 is 0 Å². The van der Waals surface area contributed by atoms with Crippen molar-refractivity contribution in [1.82, 2.24) is 4.90 Å². The van der Waals surface area contributed by atoms with Crippen LogP contribution in [0.1, 0.15) is 37.8 Å². The Morgan fingerprint density at radius 2 is 1.83 bits per heavy atom. The molecule has 0 spiro atoms. The van der Waals surface area contributed by atoms with Crippen molar-refractivity contribution < 1.29 is 13.6 Å². The molecule has 0 saturated carbocycles. The van der Waals surface area contributed by atoms with Gasteiger partial charge in [0.2, 0.25) is 0 Å². The Morgan fingerprint density at radius 1 is 1.17 bits per heavy atom. The van der Waals surface area contributed by atoms with Gasteiger partial charge in [0.1, 0.15) is 0 Å². The standard InChI is InChI=1S/C14H17F2NO/c1-10(18)14(17-7-3-2-4-8-17)11-5-6-12(15)13(16)9-11/h5-6,9,14H,2-4,7-8H2,1H3. The maximum atomic E-state index is 13.3. The van der Waals surface area contributed by atoms with Gasteiger partial charge in [0.25, 0.3) is 0 Å². The molecule has 0 aromatic heterocycles. The van der Waals surface area contributed by atoms with Crippen LogP contribution in [0.25, 0.3) is 0 Å². The first-order valence-electron chi connectivity index (χ1n) is 6.29. The topological polar surface area (TPSA) is 20.3 Å². The first-order chi connectivity index (χ1) is 8.59. The minimum atomic E-state index is -0.893. The van der Waals surface area contributed by atoms with Gasteiger partial charge in [-0.05, 0) is 50.6 Å². The molecule has 1 aromatic rings. The average Bonchev–Trinajstić information content (AvgIpc) is 2.35. The van der Waals surface area contributed by atoms with Gasteiger partial charge in [-0.3, -0.25) is 9.69 Å². The van der Waals surface area contributed by atoms with Crippen LogP contribution >= 0.6 is 0 Å². The normalized spacial score (nSPS) is 18.6. The molecule has 2 rings (SSSR count). The van der Waals surface area contributed by atoms with Gasteiger partial charge in [-0.15, -0.1) is 0 Å². The molecule has 4 heteroatoms. The van der Waals surface area contributed by atoms with Crippen LogP contribution in [0, 0.1) is 11.6 Å². The Bertz CT molecular complexity index is 441. The maximum Gasteiger partial charge on any atom is 0.159 e. The van der Waals surface area contributed by atoms with Crippen molar-refractivity contribution in [2.75, 3.05) is 13.1 Å². The summed E-state index contributed by atoms with van der Waals surface area (Å²) in [5.41, 5.74) is 0.545. The van der Waals surface area contributed by atoms with E-state index in [0.717, 1.165) is 38.1 Å². The third kappa shape index (κ3) is 2.75. The van der Waals surface area contributed by atoms with E-state index in [0.29, 0.717) is 5.56 Å². The maximum absolute atomic E-state index is 13.3. The van der Waals surface area contributed by atoms with Gasteiger partial charge in [0.15, 0.2) is 17.4 Å². The van der Waals surface area contributed by atoms with Crippen LogP contribution in [0.15, 0.2) is 18.2 Å². The Balaban J connectivity index is 2.28. The van der Waals surface area contributed by atoms with Crippen LogP contribution in [0.5, 0.6) is 0 Å². The van der Waals surface area contributed by atoms with Crippen molar-refractivity contribution >= 4 is 5.78 Å². The smallest absolute Gasteiger partial charge is 0.159 e. The summed E-state index contributed by atoms with van der Waals surface area (Å²) in [6, 6.07) is 3.28. The number of carbonyl (C=O) groups is 1. The van der Waals surface area contributed by atoms with E-state index >= 15 is 0 Å². The lowest BCUT2D eigenvalue weighted by atomic mass is 9.98. The summed E-state index contributed by atoms with van der Waals surface area (Å²) in [7, 11) is 0. The summed E-state index contributed by atoms with van der Waals surface area (Å²) >= 11 is 0. The molecule has 2 nitrogen and oxygen atoms in total. The number of piperidine rings is 1. The van der Waals surface area contributed by atoms with Crippen LogP contribution in [0.2, 0.25) is 0 Å². The largest absolute Gasteiger partial charge is 0.298 e. The van der Waals surface area contributed by atoms with E-state index < -0.39 is 17.7 Å². The molecular formula is C14H17F2NO. The van der Waals surface area contributed by atoms with Gasteiger partial charge in [0.05, 0.1) is 6.04 Å². The van der Waals surface area contributed by atoms with Crippen molar-refractivity contribution in [2.24, 2.45) is 0 Å². The first kappa shape index (κ1) is 13.1. The molecule has 18 heavy (non-hydrogen) atoms. The number of hydrogen-bond acceptors (Lipinski definition) is 2. The van der Waals surface area contributed by atoms with Crippen molar-refractivity contribution in [1.29, 1.82) is 0 Å². The molecule has 0 N–H and O–H groups in total. The highest BCUT2D eigenvalue weighted by Gasteiger charge is 2.26. The fourth-order valence-electron chi connectivity index (χ4n) is 2.56. The van der Waals surface area contributed by atoms with Crippen LogP contribution in [-0.4, -0.2) is 23.8 Å². The highest BCUT2D eigenvalue weighted by Crippen LogP contribution is 2.26. The Kier molecular flexibility index (Phi) is 4.07. The third-order valence-corrected chi connectivity index (χ3v) is 3.40. The van der Waals surface area contributed by atoms with E-state index in [1.165, 1.54) is 19.4 Å². The molecule has 1 heterocycles. The van der Waals surface area contributed by atoms with Gasteiger partial charge in [-0.2, -0.15) is 0 Å². The van der Waals surface area contributed by atoms with Crippen LogP contribution < -0.4 is 0 Å². The number of Topliss-reactive ketones (excluding diaryl/α,β-unsaturated/α-hetero) is 1. The van der Waals surface area contributed by atoms with E-state index in [2.05, 4.69) is 4.90 Å². The van der Waals surface area contributed by atoms with Gasteiger partial charge in [-0.1, -0.05) is 12.5 Å². The molecule has 1 aliphatic heterocycles. The molecule has 1 aliphatic rings. The Hall–Kier alpha value is -1.29. The van der Waals surface area contributed by atoms with Crippen molar-refractivity contribution in [3.8, 4) is 0 Å². The number of hydrogen-bond donors (Lipinski definition) is 0.